The molecule has 1 amide bonds. The van der Waals surface area contributed by atoms with Crippen LogP contribution in [0.2, 0.25) is 0 Å². The summed E-state index contributed by atoms with van der Waals surface area (Å²) in [5, 5.41) is 0. The van der Waals surface area contributed by atoms with Gasteiger partial charge in [-0.3, -0.25) is 4.79 Å². The molecule has 16 heavy (non-hydrogen) atoms. The third-order valence-electron chi connectivity index (χ3n) is 1.97. The van der Waals surface area contributed by atoms with E-state index in [9.17, 15) is 9.59 Å². The molecule has 4 nitrogen and oxygen atoms in total. The molecule has 0 atom stereocenters. The minimum atomic E-state index is -0.543. The Morgan fingerprint density at radius 2 is 2.06 bits per heavy atom. The molecule has 0 saturated heterocycles. The van der Waals surface area contributed by atoms with Crippen molar-refractivity contribution in [1.82, 2.24) is 4.90 Å². The first-order valence-electron chi connectivity index (χ1n) is 5.29. The molecule has 0 rings (SSSR count). The highest BCUT2D eigenvalue weighted by molar-refractivity contribution is 5.92. The molecule has 0 spiro atoms. The third kappa shape index (κ3) is 4.77. The first kappa shape index (κ1) is 14.4. The second-order valence-electron chi connectivity index (χ2n) is 3.20. The van der Waals surface area contributed by atoms with Crippen molar-refractivity contribution in [1.29, 1.82) is 0 Å². The largest absolute Gasteiger partial charge is 0.461 e. The van der Waals surface area contributed by atoms with Gasteiger partial charge >= 0.3 is 5.97 Å². The quantitative estimate of drug-likeness (QED) is 0.394. The third-order valence-corrected chi connectivity index (χ3v) is 1.97. The zero-order valence-corrected chi connectivity index (χ0v) is 10.2. The van der Waals surface area contributed by atoms with Gasteiger partial charge in [0.1, 0.15) is 5.70 Å². The van der Waals surface area contributed by atoms with Crippen LogP contribution < -0.4 is 0 Å². The number of carbonyl (C=O) groups is 2. The van der Waals surface area contributed by atoms with E-state index in [4.69, 9.17) is 4.74 Å². The maximum atomic E-state index is 11.4. The molecule has 90 valence electrons. The van der Waals surface area contributed by atoms with Gasteiger partial charge in [0.05, 0.1) is 6.61 Å². The van der Waals surface area contributed by atoms with Crippen LogP contribution in [0.25, 0.3) is 0 Å². The van der Waals surface area contributed by atoms with Crippen LogP contribution >= 0.6 is 0 Å². The number of ether oxygens (including phenoxy) is 1. The molecule has 0 aliphatic heterocycles. The van der Waals surface area contributed by atoms with Gasteiger partial charge in [-0.05, 0) is 20.3 Å². The first-order valence-corrected chi connectivity index (χ1v) is 5.29. The Kier molecular flexibility index (Phi) is 6.92. The molecule has 0 saturated carbocycles. The average molecular weight is 225 g/mol. The SMILES string of the molecule is C=C(C(=O)OCC)N(CC/C=C/C)C(C)=O. The predicted molar refractivity (Wildman–Crippen MR) is 62.6 cm³/mol. The van der Waals surface area contributed by atoms with Crippen LogP contribution in [0.5, 0.6) is 0 Å². The summed E-state index contributed by atoms with van der Waals surface area (Å²) in [6.45, 7) is 9.31. The van der Waals surface area contributed by atoms with E-state index in [1.165, 1.54) is 11.8 Å². The molecule has 0 heterocycles. The Bertz CT molecular complexity index is 295. The number of nitrogens with zero attached hydrogens (tertiary/aromatic N) is 1. The van der Waals surface area contributed by atoms with Gasteiger partial charge in [-0.2, -0.15) is 0 Å². The maximum Gasteiger partial charge on any atom is 0.354 e. The van der Waals surface area contributed by atoms with Crippen LogP contribution in [-0.2, 0) is 14.3 Å². The number of carbonyl (C=O) groups excluding carboxylic acids is 2. The van der Waals surface area contributed by atoms with Gasteiger partial charge in [0.2, 0.25) is 5.91 Å². The lowest BCUT2D eigenvalue weighted by Gasteiger charge is -2.21. The molecule has 0 aromatic carbocycles. The Hall–Kier alpha value is -1.58. The number of allylic oxidation sites excluding steroid dienone is 1. The predicted octanol–water partition coefficient (Wildman–Crippen LogP) is 1.88. The Morgan fingerprint density at radius 3 is 2.50 bits per heavy atom. The van der Waals surface area contributed by atoms with E-state index in [1.54, 1.807) is 6.92 Å². The van der Waals surface area contributed by atoms with Crippen molar-refractivity contribution in [3.63, 3.8) is 0 Å². The fourth-order valence-electron chi connectivity index (χ4n) is 1.18. The van der Waals surface area contributed by atoms with E-state index in [0.29, 0.717) is 13.0 Å². The molecule has 4 heteroatoms. The number of amides is 1. The van der Waals surface area contributed by atoms with Crippen LogP contribution in [0.15, 0.2) is 24.4 Å². The molecule has 0 aromatic rings. The van der Waals surface area contributed by atoms with Crippen LogP contribution in [0.4, 0.5) is 0 Å². The van der Waals surface area contributed by atoms with Gasteiger partial charge in [-0.1, -0.05) is 18.7 Å². The molecule has 0 fully saturated rings. The summed E-state index contributed by atoms with van der Waals surface area (Å²) in [6, 6.07) is 0. The molecule has 0 aromatic heterocycles. The molecule has 0 aliphatic rings. The Labute approximate surface area is 96.6 Å². The van der Waals surface area contributed by atoms with Crippen LogP contribution in [0.3, 0.4) is 0 Å². The van der Waals surface area contributed by atoms with E-state index in [1.807, 2.05) is 19.1 Å². The topological polar surface area (TPSA) is 46.6 Å². The second kappa shape index (κ2) is 7.68. The second-order valence-corrected chi connectivity index (χ2v) is 3.20. The molecular weight excluding hydrogens is 206 g/mol. The van der Waals surface area contributed by atoms with E-state index >= 15 is 0 Å². The van der Waals surface area contributed by atoms with Gasteiger partial charge in [0, 0.05) is 13.5 Å². The summed E-state index contributed by atoms with van der Waals surface area (Å²) in [7, 11) is 0. The number of rotatable bonds is 6. The van der Waals surface area contributed by atoms with Gasteiger partial charge < -0.3 is 9.64 Å². The van der Waals surface area contributed by atoms with Crippen molar-refractivity contribution in [3.05, 3.63) is 24.4 Å². The van der Waals surface area contributed by atoms with Crippen LogP contribution in [0.1, 0.15) is 27.2 Å². The summed E-state index contributed by atoms with van der Waals surface area (Å²) < 4.78 is 4.79. The van der Waals surface area contributed by atoms with Crippen molar-refractivity contribution in [2.75, 3.05) is 13.2 Å². The van der Waals surface area contributed by atoms with E-state index in [0.717, 1.165) is 0 Å². The summed E-state index contributed by atoms with van der Waals surface area (Å²) in [6.07, 6.45) is 4.51. The molecule has 0 bridgehead atoms. The number of hydrogen-bond donors (Lipinski definition) is 0. The van der Waals surface area contributed by atoms with E-state index < -0.39 is 5.97 Å². The smallest absolute Gasteiger partial charge is 0.354 e. The lowest BCUT2D eigenvalue weighted by Crippen LogP contribution is -2.32. The molecule has 0 N–H and O–H groups in total. The van der Waals surface area contributed by atoms with Crippen LogP contribution in [0, 0.1) is 0 Å². The fourth-order valence-corrected chi connectivity index (χ4v) is 1.18. The minimum absolute atomic E-state index is 0.0962. The number of esters is 1. The van der Waals surface area contributed by atoms with Gasteiger partial charge in [-0.15, -0.1) is 0 Å². The minimum Gasteiger partial charge on any atom is -0.461 e. The number of hydrogen-bond acceptors (Lipinski definition) is 3. The van der Waals surface area contributed by atoms with Crippen molar-refractivity contribution >= 4 is 11.9 Å². The van der Waals surface area contributed by atoms with Crippen molar-refractivity contribution in [2.24, 2.45) is 0 Å². The highest BCUT2D eigenvalue weighted by Gasteiger charge is 2.18. The highest BCUT2D eigenvalue weighted by Crippen LogP contribution is 2.06. The van der Waals surface area contributed by atoms with Crippen molar-refractivity contribution in [3.8, 4) is 0 Å². The Balaban J connectivity index is 4.46. The standard InChI is InChI=1S/C12H19NO3/c1-5-7-8-9-13(11(4)14)10(3)12(15)16-6-2/h5,7H,3,6,8-9H2,1-2,4H3/b7-5+. The summed E-state index contributed by atoms with van der Waals surface area (Å²) in [5.41, 5.74) is 0.0962. The van der Waals surface area contributed by atoms with Gasteiger partial charge in [0.25, 0.3) is 0 Å². The summed E-state index contributed by atoms with van der Waals surface area (Å²) in [5.74, 6) is -0.749. The summed E-state index contributed by atoms with van der Waals surface area (Å²) >= 11 is 0. The lowest BCUT2D eigenvalue weighted by atomic mass is 10.3. The maximum absolute atomic E-state index is 11.4. The van der Waals surface area contributed by atoms with Crippen molar-refractivity contribution in [2.45, 2.75) is 27.2 Å². The van der Waals surface area contributed by atoms with Gasteiger partial charge in [-0.25, -0.2) is 4.79 Å². The Morgan fingerprint density at radius 1 is 1.44 bits per heavy atom. The molecule has 0 unspecified atom stereocenters. The first-order chi connectivity index (χ1) is 7.54. The highest BCUT2D eigenvalue weighted by atomic mass is 16.5. The molecule has 0 aliphatic carbocycles. The summed E-state index contributed by atoms with van der Waals surface area (Å²) in [4.78, 5) is 24.0. The molecular formula is C12H19NO3. The fraction of sp³-hybridized carbons (Fsp3) is 0.500. The average Bonchev–Trinajstić information content (AvgIpc) is 2.23. The van der Waals surface area contributed by atoms with Crippen molar-refractivity contribution < 1.29 is 14.3 Å². The van der Waals surface area contributed by atoms with Gasteiger partial charge in [0.15, 0.2) is 0 Å². The zero-order chi connectivity index (χ0) is 12.6. The normalized spacial score (nSPS) is 10.2. The van der Waals surface area contributed by atoms with E-state index in [2.05, 4.69) is 6.58 Å². The molecule has 0 radical (unpaired) electrons. The monoisotopic (exact) mass is 225 g/mol. The van der Waals surface area contributed by atoms with E-state index in [-0.39, 0.29) is 18.2 Å². The van der Waals surface area contributed by atoms with Crippen LogP contribution in [-0.4, -0.2) is 29.9 Å². The zero-order valence-electron chi connectivity index (χ0n) is 10.2. The lowest BCUT2D eigenvalue weighted by molar-refractivity contribution is -0.143.